The highest BCUT2D eigenvalue weighted by molar-refractivity contribution is 4.63. The summed E-state index contributed by atoms with van der Waals surface area (Å²) in [6.45, 7) is 14.5. The molecule has 0 aliphatic heterocycles. The molecule has 0 bridgehead atoms. The molecule has 368 valence electrons. The van der Waals surface area contributed by atoms with Crippen LogP contribution in [0.1, 0.15) is 0 Å². The second-order valence-electron chi connectivity index (χ2n) is 12.8. The van der Waals surface area contributed by atoms with E-state index in [1.54, 1.807) is 0 Å². The predicted molar refractivity (Wildman–Crippen MR) is 226 cm³/mol. The SMILES string of the molecule is NCCOCCOCCOCC(COCC(COCC(COCCOCCOCCN)OCCOCCOCCN)OCCOCCOCCN)OCCOCCOCCN. The average molecular weight is 896 g/mol. The van der Waals surface area contributed by atoms with Crippen molar-refractivity contribution >= 4 is 0 Å². The number of nitrogens with two attached hydrogens (primary N) is 5. The quantitative estimate of drug-likeness (QED) is 0.0385. The standard InChI is InChI=1S/C39H85N5O17/c40-1-6-45-11-16-50-21-23-55-31-37(59-28-25-52-18-13-47-8-3-42)33-57-35-39(61-30-27-54-20-15-49-10-5-44)36-58-34-38(60-29-26-53-19-14-48-9-4-43)32-56-24-22-51-17-12-46-7-2-41/h37-39H,1-36,40-44H2. The Hall–Kier alpha value is -0.880. The lowest BCUT2D eigenvalue weighted by Crippen LogP contribution is -2.34. The Morgan fingerprint density at radius 3 is 0.557 bits per heavy atom. The Morgan fingerprint density at radius 1 is 0.180 bits per heavy atom. The van der Waals surface area contributed by atoms with Crippen LogP contribution in [-0.4, -0.2) is 256 Å². The van der Waals surface area contributed by atoms with Crippen LogP contribution in [0.15, 0.2) is 0 Å². The Bertz CT molecular complexity index is 761. The zero-order chi connectivity index (χ0) is 44.2. The van der Waals surface area contributed by atoms with E-state index in [1.807, 2.05) is 0 Å². The van der Waals surface area contributed by atoms with E-state index < -0.39 is 6.10 Å². The molecule has 0 saturated carbocycles. The Kier molecular flexibility index (Phi) is 52.7. The molecule has 0 aromatic carbocycles. The molecule has 0 heterocycles. The molecular formula is C39H85N5O17. The second kappa shape index (κ2) is 53.5. The third-order valence-corrected chi connectivity index (χ3v) is 7.48. The van der Waals surface area contributed by atoms with Crippen LogP contribution in [-0.2, 0) is 80.5 Å². The summed E-state index contributed by atoms with van der Waals surface area (Å²) in [4.78, 5) is 0. The molecule has 2 atom stereocenters. The predicted octanol–water partition coefficient (Wildman–Crippen LogP) is -2.83. The van der Waals surface area contributed by atoms with Gasteiger partial charge in [0.1, 0.15) is 18.3 Å². The van der Waals surface area contributed by atoms with Gasteiger partial charge in [0.2, 0.25) is 0 Å². The fourth-order valence-corrected chi connectivity index (χ4v) is 4.61. The van der Waals surface area contributed by atoms with Crippen LogP contribution in [0.4, 0.5) is 0 Å². The van der Waals surface area contributed by atoms with E-state index in [0.29, 0.717) is 198 Å². The maximum Gasteiger partial charge on any atom is 0.104 e. The fraction of sp³-hybridized carbons (Fsp3) is 1.00. The van der Waals surface area contributed by atoms with Crippen molar-refractivity contribution < 1.29 is 80.5 Å². The van der Waals surface area contributed by atoms with E-state index in [9.17, 15) is 0 Å². The van der Waals surface area contributed by atoms with E-state index in [4.69, 9.17) is 109 Å². The summed E-state index contributed by atoms with van der Waals surface area (Å²) in [5.74, 6) is 0. The third-order valence-electron chi connectivity index (χ3n) is 7.48. The van der Waals surface area contributed by atoms with Crippen LogP contribution in [0.25, 0.3) is 0 Å². The van der Waals surface area contributed by atoms with Gasteiger partial charge in [0.15, 0.2) is 0 Å². The molecule has 2 unspecified atom stereocenters. The molecule has 61 heavy (non-hydrogen) atoms. The minimum absolute atomic E-state index is 0.217. The molecule has 10 N–H and O–H groups in total. The van der Waals surface area contributed by atoms with Gasteiger partial charge in [0.05, 0.1) is 205 Å². The second-order valence-corrected chi connectivity index (χ2v) is 12.8. The highest BCUT2D eigenvalue weighted by Gasteiger charge is 2.17. The van der Waals surface area contributed by atoms with Crippen LogP contribution < -0.4 is 28.7 Å². The lowest BCUT2D eigenvalue weighted by molar-refractivity contribution is -0.120. The molecule has 22 nitrogen and oxygen atoms in total. The molecule has 0 saturated heterocycles. The van der Waals surface area contributed by atoms with E-state index in [1.165, 1.54) is 0 Å². The summed E-state index contributed by atoms with van der Waals surface area (Å²) in [7, 11) is 0. The zero-order valence-electron chi connectivity index (χ0n) is 37.0. The zero-order valence-corrected chi connectivity index (χ0v) is 37.0. The Labute approximate surface area is 364 Å². The van der Waals surface area contributed by atoms with E-state index in [2.05, 4.69) is 0 Å². The fourth-order valence-electron chi connectivity index (χ4n) is 4.61. The molecule has 0 aromatic rings. The molecular weight excluding hydrogens is 810 g/mol. The van der Waals surface area contributed by atoms with E-state index in [-0.39, 0.29) is 51.8 Å². The van der Waals surface area contributed by atoms with Crippen molar-refractivity contribution in [1.29, 1.82) is 0 Å². The van der Waals surface area contributed by atoms with E-state index in [0.717, 1.165) is 0 Å². The first kappa shape index (κ1) is 60.1. The first-order valence-corrected chi connectivity index (χ1v) is 21.6. The molecule has 0 amide bonds. The molecule has 0 fully saturated rings. The van der Waals surface area contributed by atoms with Gasteiger partial charge in [-0.3, -0.25) is 0 Å². The molecule has 0 aliphatic rings. The van der Waals surface area contributed by atoms with Gasteiger partial charge >= 0.3 is 0 Å². The summed E-state index contributed by atoms with van der Waals surface area (Å²) in [6, 6.07) is 0. The van der Waals surface area contributed by atoms with Crippen molar-refractivity contribution in [2.24, 2.45) is 28.7 Å². The van der Waals surface area contributed by atoms with Gasteiger partial charge in [-0.05, 0) is 0 Å². The van der Waals surface area contributed by atoms with Crippen LogP contribution in [0.3, 0.4) is 0 Å². The van der Waals surface area contributed by atoms with Gasteiger partial charge in [0, 0.05) is 32.7 Å². The molecule has 22 heteroatoms. The van der Waals surface area contributed by atoms with Crippen molar-refractivity contribution in [3.63, 3.8) is 0 Å². The van der Waals surface area contributed by atoms with Crippen molar-refractivity contribution in [2.45, 2.75) is 18.3 Å². The largest absolute Gasteiger partial charge is 0.378 e. The number of hydrogen-bond acceptors (Lipinski definition) is 22. The third kappa shape index (κ3) is 48.4. The minimum Gasteiger partial charge on any atom is -0.378 e. The minimum atomic E-state index is -0.432. The number of hydrogen-bond donors (Lipinski definition) is 5. The number of rotatable bonds is 55. The summed E-state index contributed by atoms with van der Waals surface area (Å²) in [5.41, 5.74) is 27.3. The first-order valence-electron chi connectivity index (χ1n) is 21.6. The van der Waals surface area contributed by atoms with Crippen LogP contribution in [0.2, 0.25) is 0 Å². The summed E-state index contributed by atoms with van der Waals surface area (Å²) in [6.07, 6.45) is -1.19. The van der Waals surface area contributed by atoms with Crippen LogP contribution in [0, 0.1) is 0 Å². The van der Waals surface area contributed by atoms with Gasteiger partial charge < -0.3 is 109 Å². The monoisotopic (exact) mass is 896 g/mol. The summed E-state index contributed by atoms with van der Waals surface area (Å²) < 4.78 is 96.9. The van der Waals surface area contributed by atoms with Gasteiger partial charge in [-0.1, -0.05) is 0 Å². The maximum absolute atomic E-state index is 6.13. The maximum atomic E-state index is 6.13. The average Bonchev–Trinajstić information content (AvgIpc) is 3.27. The summed E-state index contributed by atoms with van der Waals surface area (Å²) in [5, 5.41) is 0. The van der Waals surface area contributed by atoms with Crippen molar-refractivity contribution in [3.05, 3.63) is 0 Å². The lowest BCUT2D eigenvalue weighted by Gasteiger charge is -2.23. The van der Waals surface area contributed by atoms with Gasteiger partial charge in [-0.25, -0.2) is 0 Å². The van der Waals surface area contributed by atoms with Crippen LogP contribution in [0.5, 0.6) is 0 Å². The van der Waals surface area contributed by atoms with Gasteiger partial charge in [-0.2, -0.15) is 0 Å². The smallest absolute Gasteiger partial charge is 0.104 e. The Morgan fingerprint density at radius 2 is 0.344 bits per heavy atom. The lowest BCUT2D eigenvalue weighted by atomic mass is 10.3. The molecule has 0 radical (unpaired) electrons. The number of ether oxygens (including phenoxy) is 17. The highest BCUT2D eigenvalue weighted by atomic mass is 16.6. The van der Waals surface area contributed by atoms with Gasteiger partial charge in [0.25, 0.3) is 0 Å². The van der Waals surface area contributed by atoms with Gasteiger partial charge in [-0.15, -0.1) is 0 Å². The molecule has 0 aromatic heterocycles. The normalized spacial score (nSPS) is 13.3. The van der Waals surface area contributed by atoms with Crippen molar-refractivity contribution in [3.8, 4) is 0 Å². The summed E-state index contributed by atoms with van der Waals surface area (Å²) >= 11 is 0. The topological polar surface area (TPSA) is 287 Å². The van der Waals surface area contributed by atoms with Crippen LogP contribution >= 0.6 is 0 Å². The van der Waals surface area contributed by atoms with E-state index >= 15 is 0 Å². The molecule has 0 rings (SSSR count). The molecule has 0 aliphatic carbocycles. The van der Waals surface area contributed by atoms with Crippen molar-refractivity contribution in [2.75, 3.05) is 238 Å². The highest BCUT2D eigenvalue weighted by Crippen LogP contribution is 2.04. The first-order chi connectivity index (χ1) is 30.2. The molecule has 0 spiro atoms. The van der Waals surface area contributed by atoms with Crippen molar-refractivity contribution in [1.82, 2.24) is 0 Å². The Balaban J connectivity index is 5.16.